The van der Waals surface area contributed by atoms with Crippen molar-refractivity contribution < 1.29 is 24.5 Å². The molecule has 0 spiro atoms. The molecule has 1 atom stereocenters. The zero-order valence-electron chi connectivity index (χ0n) is 7.44. The second kappa shape index (κ2) is 4.59. The number of aliphatic hydroxyl groups is 1. The van der Waals surface area contributed by atoms with Gasteiger partial charge in [-0.05, 0) is 12.1 Å². The summed E-state index contributed by atoms with van der Waals surface area (Å²) in [7, 11) is 0. The fraction of sp³-hybridized carbons (Fsp3) is 0.222. The van der Waals surface area contributed by atoms with Gasteiger partial charge >= 0.3 is 5.97 Å². The number of rotatable bonds is 3. The second-order valence-electron chi connectivity index (χ2n) is 2.94. The Bertz CT molecular complexity index is 394. The molecule has 0 saturated carbocycles. The number of aliphatic carboxylic acids is 1. The molecular weight excluding hydrogens is 271 g/mol. The number of carboxylic acid groups (broad SMARTS) is 1. The summed E-state index contributed by atoms with van der Waals surface area (Å²) in [6.07, 6.45) is -2.03. The number of halogens is 2. The van der Waals surface area contributed by atoms with E-state index in [9.17, 15) is 19.4 Å². The van der Waals surface area contributed by atoms with Crippen molar-refractivity contribution in [1.82, 2.24) is 0 Å². The van der Waals surface area contributed by atoms with E-state index in [0.717, 1.165) is 6.07 Å². The SMILES string of the molecule is O=C(O)C[C@@H](O)c1cc(Br)cc(F)c1O. The van der Waals surface area contributed by atoms with Crippen LogP contribution in [0.15, 0.2) is 16.6 Å². The first-order chi connectivity index (χ1) is 6.91. The number of hydrogen-bond acceptors (Lipinski definition) is 3. The molecular formula is C9H8BrFO4. The van der Waals surface area contributed by atoms with Crippen LogP contribution in [0, 0.1) is 5.82 Å². The topological polar surface area (TPSA) is 77.8 Å². The largest absolute Gasteiger partial charge is 0.505 e. The normalized spacial score (nSPS) is 12.5. The molecule has 82 valence electrons. The second-order valence-corrected chi connectivity index (χ2v) is 3.85. The summed E-state index contributed by atoms with van der Waals surface area (Å²) in [5.41, 5.74) is -0.149. The van der Waals surface area contributed by atoms with Crippen LogP contribution in [0.3, 0.4) is 0 Å². The zero-order chi connectivity index (χ0) is 11.6. The molecule has 0 aliphatic heterocycles. The van der Waals surface area contributed by atoms with Crippen molar-refractivity contribution in [1.29, 1.82) is 0 Å². The summed E-state index contributed by atoms with van der Waals surface area (Å²) in [6.45, 7) is 0. The van der Waals surface area contributed by atoms with Gasteiger partial charge in [-0.1, -0.05) is 15.9 Å². The number of phenols is 1. The van der Waals surface area contributed by atoms with E-state index in [1.54, 1.807) is 0 Å². The third kappa shape index (κ3) is 2.90. The third-order valence-electron chi connectivity index (χ3n) is 1.78. The Labute approximate surface area is 93.1 Å². The Balaban J connectivity index is 3.07. The van der Waals surface area contributed by atoms with Crippen LogP contribution in [-0.4, -0.2) is 21.3 Å². The van der Waals surface area contributed by atoms with Gasteiger partial charge in [0.25, 0.3) is 0 Å². The van der Waals surface area contributed by atoms with E-state index in [1.807, 2.05) is 0 Å². The van der Waals surface area contributed by atoms with Gasteiger partial charge in [0, 0.05) is 10.0 Å². The summed E-state index contributed by atoms with van der Waals surface area (Å²) in [5.74, 6) is -2.88. The Morgan fingerprint density at radius 2 is 2.13 bits per heavy atom. The lowest BCUT2D eigenvalue weighted by Gasteiger charge is -2.11. The lowest BCUT2D eigenvalue weighted by molar-refractivity contribution is -0.139. The highest BCUT2D eigenvalue weighted by molar-refractivity contribution is 9.10. The maximum Gasteiger partial charge on any atom is 0.306 e. The first-order valence-corrected chi connectivity index (χ1v) is 4.79. The van der Waals surface area contributed by atoms with Gasteiger partial charge in [0.2, 0.25) is 0 Å². The number of phenolic OH excluding ortho intramolecular Hbond substituents is 1. The molecule has 0 heterocycles. The van der Waals surface area contributed by atoms with Gasteiger partial charge in [0.15, 0.2) is 11.6 Å². The van der Waals surface area contributed by atoms with Crippen LogP contribution in [0.5, 0.6) is 5.75 Å². The zero-order valence-corrected chi connectivity index (χ0v) is 9.03. The first kappa shape index (κ1) is 11.9. The number of hydrogen-bond donors (Lipinski definition) is 3. The van der Waals surface area contributed by atoms with Gasteiger partial charge in [-0.2, -0.15) is 0 Å². The quantitative estimate of drug-likeness (QED) is 0.788. The van der Waals surface area contributed by atoms with Gasteiger partial charge in [0.05, 0.1) is 12.5 Å². The van der Waals surface area contributed by atoms with Crippen molar-refractivity contribution in [3.63, 3.8) is 0 Å². The molecule has 1 rings (SSSR count). The highest BCUT2D eigenvalue weighted by atomic mass is 79.9. The molecule has 1 aromatic rings. The van der Waals surface area contributed by atoms with Crippen molar-refractivity contribution in [2.45, 2.75) is 12.5 Å². The number of benzene rings is 1. The Hall–Kier alpha value is -1.14. The highest BCUT2D eigenvalue weighted by Gasteiger charge is 2.19. The third-order valence-corrected chi connectivity index (χ3v) is 2.24. The maximum absolute atomic E-state index is 13.0. The highest BCUT2D eigenvalue weighted by Crippen LogP contribution is 2.31. The minimum atomic E-state index is -1.44. The van der Waals surface area contributed by atoms with E-state index in [1.165, 1.54) is 6.07 Å². The Morgan fingerprint density at radius 3 is 2.67 bits per heavy atom. The lowest BCUT2D eigenvalue weighted by atomic mass is 10.1. The average molecular weight is 279 g/mol. The molecule has 1 aromatic carbocycles. The molecule has 0 bridgehead atoms. The fourth-order valence-corrected chi connectivity index (χ4v) is 1.56. The van der Waals surface area contributed by atoms with E-state index in [-0.39, 0.29) is 5.56 Å². The molecule has 0 saturated heterocycles. The van der Waals surface area contributed by atoms with Crippen molar-refractivity contribution in [2.75, 3.05) is 0 Å². The van der Waals surface area contributed by atoms with Crippen molar-refractivity contribution in [2.24, 2.45) is 0 Å². The first-order valence-electron chi connectivity index (χ1n) is 3.99. The Morgan fingerprint density at radius 1 is 1.53 bits per heavy atom. The molecule has 0 amide bonds. The van der Waals surface area contributed by atoms with Crippen LogP contribution >= 0.6 is 15.9 Å². The predicted octanol–water partition coefficient (Wildman–Crippen LogP) is 1.80. The average Bonchev–Trinajstić information content (AvgIpc) is 2.09. The van der Waals surface area contributed by atoms with Crippen LogP contribution in [0.25, 0.3) is 0 Å². The molecule has 6 heteroatoms. The Kier molecular flexibility index (Phi) is 3.65. The lowest BCUT2D eigenvalue weighted by Crippen LogP contribution is -2.06. The van der Waals surface area contributed by atoms with Crippen LogP contribution in [0.4, 0.5) is 4.39 Å². The molecule has 0 fully saturated rings. The maximum atomic E-state index is 13.0. The van der Waals surface area contributed by atoms with Crippen molar-refractivity contribution >= 4 is 21.9 Å². The molecule has 3 N–H and O–H groups in total. The van der Waals surface area contributed by atoms with E-state index in [0.29, 0.717) is 4.47 Å². The van der Waals surface area contributed by atoms with Crippen LogP contribution in [-0.2, 0) is 4.79 Å². The molecule has 0 unspecified atom stereocenters. The number of aromatic hydroxyl groups is 1. The summed E-state index contributed by atoms with van der Waals surface area (Å²) in [5, 5.41) is 27.1. The summed E-state index contributed by atoms with van der Waals surface area (Å²) >= 11 is 2.97. The molecule has 15 heavy (non-hydrogen) atoms. The van der Waals surface area contributed by atoms with Crippen LogP contribution in [0.1, 0.15) is 18.1 Å². The number of carboxylic acids is 1. The summed E-state index contributed by atoms with van der Waals surface area (Å²) < 4.78 is 13.3. The van der Waals surface area contributed by atoms with Gasteiger partial charge in [-0.3, -0.25) is 4.79 Å². The minimum Gasteiger partial charge on any atom is -0.505 e. The summed E-state index contributed by atoms with van der Waals surface area (Å²) in [6, 6.07) is 2.29. The van der Waals surface area contributed by atoms with Crippen LogP contribution in [0.2, 0.25) is 0 Å². The predicted molar refractivity (Wildman–Crippen MR) is 53.0 cm³/mol. The van der Waals surface area contributed by atoms with Crippen molar-refractivity contribution in [3.05, 3.63) is 28.0 Å². The van der Waals surface area contributed by atoms with E-state index < -0.39 is 30.1 Å². The molecule has 0 aromatic heterocycles. The van der Waals surface area contributed by atoms with Gasteiger partial charge < -0.3 is 15.3 Å². The van der Waals surface area contributed by atoms with E-state index in [4.69, 9.17) is 5.11 Å². The number of aliphatic hydroxyl groups excluding tert-OH is 1. The minimum absolute atomic E-state index is 0.149. The van der Waals surface area contributed by atoms with Crippen LogP contribution < -0.4 is 0 Å². The molecule has 0 radical (unpaired) electrons. The van der Waals surface area contributed by atoms with E-state index >= 15 is 0 Å². The smallest absolute Gasteiger partial charge is 0.306 e. The van der Waals surface area contributed by atoms with E-state index in [2.05, 4.69) is 15.9 Å². The standard InChI is InChI=1S/C9H8BrFO4/c10-4-1-5(7(12)3-8(13)14)9(15)6(11)2-4/h1-2,7,12,15H,3H2,(H,13,14)/t7-/m1/s1. The molecule has 0 aliphatic rings. The monoisotopic (exact) mass is 278 g/mol. The van der Waals surface area contributed by atoms with Gasteiger partial charge in [-0.15, -0.1) is 0 Å². The molecule has 4 nitrogen and oxygen atoms in total. The van der Waals surface area contributed by atoms with Gasteiger partial charge in [0.1, 0.15) is 0 Å². The molecule has 0 aliphatic carbocycles. The van der Waals surface area contributed by atoms with Gasteiger partial charge in [-0.25, -0.2) is 4.39 Å². The summed E-state index contributed by atoms with van der Waals surface area (Å²) in [4.78, 5) is 10.3. The van der Waals surface area contributed by atoms with Crippen molar-refractivity contribution in [3.8, 4) is 5.75 Å². The number of carbonyl (C=O) groups is 1. The fourth-order valence-electron chi connectivity index (χ4n) is 1.12.